The number of carbonyl (C=O) groups is 2. The average Bonchev–Trinajstić information content (AvgIpc) is 3.24. The van der Waals surface area contributed by atoms with E-state index in [1.54, 1.807) is 38.1 Å². The maximum Gasteiger partial charge on any atom is 0.338 e. The Bertz CT molecular complexity index is 1810. The van der Waals surface area contributed by atoms with E-state index in [2.05, 4.69) is 35.4 Å². The Labute approximate surface area is 313 Å². The lowest BCUT2D eigenvalue weighted by atomic mass is 9.68. The molecular weight excluding hydrogens is 704 g/mol. The van der Waals surface area contributed by atoms with E-state index in [1.165, 1.54) is 37.1 Å². The Balaban J connectivity index is 1.48. The third kappa shape index (κ3) is 8.43. The number of ether oxygens (including phenoxy) is 4. The summed E-state index contributed by atoms with van der Waals surface area (Å²) in [6.07, 6.45) is 8.64. The summed E-state index contributed by atoms with van der Waals surface area (Å²) in [5, 5.41) is 0.681. The summed E-state index contributed by atoms with van der Waals surface area (Å²) in [6, 6.07) is 10.7. The number of hydrogen-bond acceptors (Lipinski definition) is 9. The SMILES string of the molecule is C=CCOC(C)(C)C(=O)NS(=O)(=O)c1ccc2c(c1)N(C[C@@H]1CC[C@H]1[C@H](C=C)OC(=O)C(C)(C)OCC=C)C[C@@]1(CCCc3cc(Cl)ccc31)CO2. The van der Waals surface area contributed by atoms with E-state index in [0.717, 1.165) is 32.1 Å². The van der Waals surface area contributed by atoms with Crippen LogP contribution in [0.2, 0.25) is 5.02 Å². The molecule has 1 heterocycles. The molecule has 1 amide bonds. The quantitative estimate of drug-likeness (QED) is 0.156. The molecule has 1 saturated carbocycles. The standard InChI is InChI=1S/C40H51ClN2O8S/c1-8-20-49-38(4,5)36(44)42-52(46,47)30-15-18-35-33(23-30)43(25-40(26-48-35)19-11-12-27-22-29(41)14-17-32(27)40)24-28-13-16-31(28)34(10-3)51-37(45)39(6,7)50-21-9-2/h8-10,14-15,17-18,22-23,28,31,34H,1-3,11-13,16,19-21,24-26H2,4-7H3,(H,42,44)/t28-,31+,34-,40-/m0/s1. The van der Waals surface area contributed by atoms with E-state index >= 15 is 0 Å². The lowest BCUT2D eigenvalue weighted by Gasteiger charge is -2.46. The molecule has 0 radical (unpaired) electrons. The van der Waals surface area contributed by atoms with Crippen LogP contribution in [-0.2, 0) is 45.7 Å². The molecule has 2 aliphatic carbocycles. The molecule has 10 nitrogen and oxygen atoms in total. The van der Waals surface area contributed by atoms with Gasteiger partial charge in [0, 0.05) is 29.4 Å². The Hall–Kier alpha value is -3.64. The van der Waals surface area contributed by atoms with E-state index in [4.69, 9.17) is 30.5 Å². The van der Waals surface area contributed by atoms with Crippen LogP contribution in [0.1, 0.15) is 64.5 Å². The topological polar surface area (TPSA) is 120 Å². The van der Waals surface area contributed by atoms with Crippen LogP contribution in [-0.4, -0.2) is 70.5 Å². The highest BCUT2D eigenvalue weighted by Gasteiger charge is 2.46. The fourth-order valence-electron chi connectivity index (χ4n) is 7.34. The van der Waals surface area contributed by atoms with Gasteiger partial charge in [0.2, 0.25) is 0 Å². The number of aryl methyl sites for hydroxylation is 1. The van der Waals surface area contributed by atoms with Crippen molar-refractivity contribution in [2.45, 2.75) is 87.4 Å². The van der Waals surface area contributed by atoms with Crippen LogP contribution in [0.15, 0.2) is 79.3 Å². The molecule has 2 aromatic carbocycles. The number of hydrogen-bond donors (Lipinski definition) is 1. The molecule has 282 valence electrons. The summed E-state index contributed by atoms with van der Waals surface area (Å²) in [4.78, 5) is 28.4. The van der Waals surface area contributed by atoms with Crippen LogP contribution in [0.25, 0.3) is 0 Å². The lowest BCUT2D eigenvalue weighted by Crippen LogP contribution is -2.50. The van der Waals surface area contributed by atoms with E-state index in [1.807, 2.05) is 12.1 Å². The van der Waals surface area contributed by atoms with Crippen LogP contribution >= 0.6 is 11.6 Å². The average molecular weight is 755 g/mol. The zero-order chi connectivity index (χ0) is 37.9. The van der Waals surface area contributed by atoms with E-state index in [0.29, 0.717) is 36.2 Å². The minimum atomic E-state index is -4.30. The van der Waals surface area contributed by atoms with Gasteiger partial charge >= 0.3 is 5.97 Å². The van der Waals surface area contributed by atoms with E-state index in [-0.39, 0.29) is 29.9 Å². The molecule has 0 unspecified atom stereocenters. The number of sulfonamides is 1. The molecule has 3 aliphatic rings. The third-order valence-electron chi connectivity index (χ3n) is 10.5. The van der Waals surface area contributed by atoms with Crippen molar-refractivity contribution in [3.8, 4) is 5.75 Å². The second kappa shape index (κ2) is 15.8. The first-order valence-corrected chi connectivity index (χ1v) is 19.6. The molecule has 0 aromatic heterocycles. The Morgan fingerprint density at radius 2 is 1.77 bits per heavy atom. The molecule has 2 aromatic rings. The van der Waals surface area contributed by atoms with Crippen molar-refractivity contribution in [2.75, 3.05) is 37.8 Å². The molecule has 1 spiro atoms. The number of amides is 1. The zero-order valence-electron chi connectivity index (χ0n) is 30.6. The van der Waals surface area contributed by atoms with Crippen LogP contribution in [0, 0.1) is 11.8 Å². The first kappa shape index (κ1) is 39.6. The van der Waals surface area contributed by atoms with Gasteiger partial charge in [-0.05, 0) is 107 Å². The molecule has 1 fully saturated rings. The van der Waals surface area contributed by atoms with E-state index in [9.17, 15) is 18.0 Å². The molecule has 52 heavy (non-hydrogen) atoms. The van der Waals surface area contributed by atoms with Crippen LogP contribution in [0.4, 0.5) is 5.69 Å². The minimum Gasteiger partial charge on any atom is -0.490 e. The van der Waals surface area contributed by atoms with Gasteiger partial charge in [0.25, 0.3) is 15.9 Å². The zero-order valence-corrected chi connectivity index (χ0v) is 32.2. The number of carbonyl (C=O) groups excluding carboxylic acids is 2. The van der Waals surface area contributed by atoms with Gasteiger partial charge < -0.3 is 23.8 Å². The number of esters is 1. The fourth-order valence-corrected chi connectivity index (χ4v) is 8.65. The predicted octanol–water partition coefficient (Wildman–Crippen LogP) is 6.70. The summed E-state index contributed by atoms with van der Waals surface area (Å²) >= 11 is 6.43. The van der Waals surface area contributed by atoms with Gasteiger partial charge in [-0.3, -0.25) is 4.79 Å². The summed E-state index contributed by atoms with van der Waals surface area (Å²) in [6.45, 7) is 19.4. The van der Waals surface area contributed by atoms with Crippen LogP contribution in [0.3, 0.4) is 0 Å². The number of anilines is 1. The Morgan fingerprint density at radius 1 is 1.06 bits per heavy atom. The van der Waals surface area contributed by atoms with E-state index < -0.39 is 44.6 Å². The highest BCUT2D eigenvalue weighted by atomic mass is 35.5. The second-order valence-corrected chi connectivity index (χ2v) is 17.1. The number of benzene rings is 2. The number of fused-ring (bicyclic) bond motifs is 3. The maximum absolute atomic E-state index is 13.7. The summed E-state index contributed by atoms with van der Waals surface area (Å²) < 4.78 is 53.3. The van der Waals surface area contributed by atoms with Gasteiger partial charge in [-0.2, -0.15) is 0 Å². The van der Waals surface area contributed by atoms with Gasteiger partial charge in [-0.15, -0.1) is 13.2 Å². The van der Waals surface area contributed by atoms with Crippen molar-refractivity contribution in [1.82, 2.24) is 4.72 Å². The number of rotatable bonds is 15. The summed E-state index contributed by atoms with van der Waals surface area (Å²) in [5.41, 5.74) is -0.0124. The van der Waals surface area contributed by atoms with Gasteiger partial charge in [0.1, 0.15) is 17.5 Å². The molecule has 1 aliphatic heterocycles. The first-order valence-electron chi connectivity index (χ1n) is 17.8. The maximum atomic E-state index is 13.7. The smallest absolute Gasteiger partial charge is 0.338 e. The molecule has 1 N–H and O–H groups in total. The van der Waals surface area contributed by atoms with Crippen LogP contribution in [0.5, 0.6) is 5.75 Å². The Kier molecular flexibility index (Phi) is 12.0. The highest BCUT2D eigenvalue weighted by Crippen LogP contribution is 2.47. The molecule has 0 saturated heterocycles. The molecule has 5 rings (SSSR count). The number of nitrogens with zero attached hydrogens (tertiary/aromatic N) is 1. The predicted molar refractivity (Wildman–Crippen MR) is 202 cm³/mol. The normalized spacial score (nSPS) is 22.1. The summed E-state index contributed by atoms with van der Waals surface area (Å²) in [7, 11) is -4.30. The highest BCUT2D eigenvalue weighted by molar-refractivity contribution is 7.90. The second-order valence-electron chi connectivity index (χ2n) is 15.0. The number of nitrogens with one attached hydrogen (secondary N) is 1. The molecule has 0 bridgehead atoms. The van der Waals surface area contributed by atoms with Crippen molar-refractivity contribution in [3.05, 3.63) is 90.5 Å². The fraction of sp³-hybridized carbons (Fsp3) is 0.500. The Morgan fingerprint density at radius 3 is 2.42 bits per heavy atom. The molecule has 12 heteroatoms. The van der Waals surface area contributed by atoms with Crippen LogP contribution < -0.4 is 14.4 Å². The molecule has 4 atom stereocenters. The van der Waals surface area contributed by atoms with Gasteiger partial charge in [-0.25, -0.2) is 17.9 Å². The minimum absolute atomic E-state index is 0.0123. The van der Waals surface area contributed by atoms with Crippen molar-refractivity contribution in [1.29, 1.82) is 0 Å². The van der Waals surface area contributed by atoms with Gasteiger partial charge in [0.05, 0.1) is 30.4 Å². The third-order valence-corrected chi connectivity index (χ3v) is 12.1. The monoisotopic (exact) mass is 754 g/mol. The van der Waals surface area contributed by atoms with Gasteiger partial charge in [0.15, 0.2) is 5.60 Å². The largest absolute Gasteiger partial charge is 0.490 e. The lowest BCUT2D eigenvalue weighted by molar-refractivity contribution is -0.175. The van der Waals surface area contributed by atoms with Crippen molar-refractivity contribution in [3.63, 3.8) is 0 Å². The first-order chi connectivity index (χ1) is 24.6. The number of halogens is 1. The van der Waals surface area contributed by atoms with Crippen molar-refractivity contribution in [2.24, 2.45) is 11.8 Å². The summed E-state index contributed by atoms with van der Waals surface area (Å²) in [5.74, 6) is -0.658. The van der Waals surface area contributed by atoms with Crippen molar-refractivity contribution < 1.29 is 37.0 Å². The van der Waals surface area contributed by atoms with Gasteiger partial charge in [-0.1, -0.05) is 42.5 Å². The van der Waals surface area contributed by atoms with Crippen molar-refractivity contribution >= 4 is 39.2 Å². The molecular formula is C40H51ClN2O8S.